The van der Waals surface area contributed by atoms with Crippen LogP contribution in [0.25, 0.3) is 17.0 Å². The topological polar surface area (TPSA) is 94.6 Å². The number of hydrogen-bond acceptors (Lipinski definition) is 4. The number of anilines is 1. The molecular weight excluding hydrogens is 555 g/mol. The summed E-state index contributed by atoms with van der Waals surface area (Å²) >= 11 is 24.6. The van der Waals surface area contributed by atoms with Crippen LogP contribution in [-0.2, 0) is 9.59 Å². The summed E-state index contributed by atoms with van der Waals surface area (Å²) in [6.45, 7) is 3.39. The van der Waals surface area contributed by atoms with Crippen molar-refractivity contribution in [1.29, 1.82) is 0 Å². The highest BCUT2D eigenvalue weighted by molar-refractivity contribution is 7.80. The van der Waals surface area contributed by atoms with Crippen molar-refractivity contribution in [2.45, 2.75) is 29.8 Å². The smallest absolute Gasteiger partial charge is 0.326 e. The molecule has 0 saturated heterocycles. The Morgan fingerprint density at radius 1 is 1.05 bits per heavy atom. The number of aromatic nitrogens is 1. The summed E-state index contributed by atoms with van der Waals surface area (Å²) in [6, 6.07) is 17.0. The molecule has 0 aliphatic carbocycles. The van der Waals surface area contributed by atoms with Crippen molar-refractivity contribution in [2.24, 2.45) is 5.92 Å². The number of benzene rings is 2. The van der Waals surface area contributed by atoms with Gasteiger partial charge in [-0.2, -0.15) is 0 Å². The van der Waals surface area contributed by atoms with Crippen LogP contribution in [0.4, 0.5) is 5.69 Å². The van der Waals surface area contributed by atoms with E-state index in [2.05, 4.69) is 15.6 Å². The van der Waals surface area contributed by atoms with E-state index in [9.17, 15) is 14.7 Å². The number of alkyl halides is 3. The van der Waals surface area contributed by atoms with Gasteiger partial charge in [0.2, 0.25) is 9.70 Å². The second-order valence-electron chi connectivity index (χ2n) is 8.44. The molecule has 0 spiro atoms. The van der Waals surface area contributed by atoms with Crippen LogP contribution in [-0.4, -0.2) is 48.0 Å². The summed E-state index contributed by atoms with van der Waals surface area (Å²) in [6.07, 6.45) is 3.06. The highest BCUT2D eigenvalue weighted by atomic mass is 35.6. The van der Waals surface area contributed by atoms with Gasteiger partial charge in [-0.05, 0) is 41.9 Å². The van der Waals surface area contributed by atoms with E-state index in [-0.39, 0.29) is 5.11 Å². The van der Waals surface area contributed by atoms with Crippen LogP contribution in [0, 0.1) is 5.92 Å². The fourth-order valence-corrected chi connectivity index (χ4v) is 4.55. The number of thiocarbonyl (C=S) groups is 1. The number of para-hydroxylation sites is 1. The third-order valence-corrected chi connectivity index (χ3v) is 6.32. The molecule has 0 fully saturated rings. The van der Waals surface area contributed by atoms with Crippen LogP contribution in [0.1, 0.15) is 19.4 Å². The Balaban J connectivity index is 1.99. The summed E-state index contributed by atoms with van der Waals surface area (Å²) < 4.78 is -2.15. The van der Waals surface area contributed by atoms with E-state index in [4.69, 9.17) is 47.0 Å². The molecule has 2 unspecified atom stereocenters. The zero-order chi connectivity index (χ0) is 27.2. The van der Waals surface area contributed by atoms with Gasteiger partial charge >= 0.3 is 5.97 Å². The number of fused-ring (bicyclic) bond motifs is 1. The van der Waals surface area contributed by atoms with Gasteiger partial charge in [0.25, 0.3) is 0 Å². The van der Waals surface area contributed by atoms with E-state index in [1.54, 1.807) is 44.3 Å². The van der Waals surface area contributed by atoms with Gasteiger partial charge in [-0.25, -0.2) is 4.79 Å². The Morgan fingerprint density at radius 2 is 1.73 bits per heavy atom. The maximum Gasteiger partial charge on any atom is 0.326 e. The monoisotopic (exact) mass is 578 g/mol. The first-order chi connectivity index (χ1) is 17.5. The summed E-state index contributed by atoms with van der Waals surface area (Å²) in [4.78, 5) is 30.8. The number of carbonyl (C=O) groups is 2. The highest BCUT2D eigenvalue weighted by Gasteiger charge is 2.45. The van der Waals surface area contributed by atoms with Gasteiger partial charge in [-0.15, -0.1) is 0 Å². The Bertz CT molecular complexity index is 1290. The van der Waals surface area contributed by atoms with Crippen molar-refractivity contribution in [1.82, 2.24) is 15.2 Å². The molecule has 3 rings (SSSR count). The van der Waals surface area contributed by atoms with Gasteiger partial charge in [0, 0.05) is 17.7 Å². The van der Waals surface area contributed by atoms with Crippen molar-refractivity contribution in [3.05, 3.63) is 78.5 Å². The van der Waals surface area contributed by atoms with Gasteiger partial charge in [0.05, 0.1) is 11.2 Å². The number of carboxylic acids is 1. The molecule has 1 amide bonds. The molecule has 1 aromatic heterocycles. The second-order valence-corrected chi connectivity index (χ2v) is 11.2. The van der Waals surface area contributed by atoms with Crippen molar-refractivity contribution in [2.75, 3.05) is 5.32 Å². The molecule has 0 radical (unpaired) electrons. The first kappa shape index (κ1) is 28.7. The van der Waals surface area contributed by atoms with Crippen LogP contribution in [0.15, 0.2) is 72.9 Å². The summed E-state index contributed by atoms with van der Waals surface area (Å²) in [5.41, 5.74) is 1.93. The predicted molar refractivity (Wildman–Crippen MR) is 154 cm³/mol. The lowest BCUT2D eigenvalue weighted by molar-refractivity contribution is -0.144. The first-order valence-electron chi connectivity index (χ1n) is 11.2. The van der Waals surface area contributed by atoms with Crippen molar-refractivity contribution in [3.63, 3.8) is 0 Å². The normalized spacial score (nSPS) is 13.4. The minimum Gasteiger partial charge on any atom is -0.480 e. The van der Waals surface area contributed by atoms with Crippen molar-refractivity contribution in [3.8, 4) is 0 Å². The lowest BCUT2D eigenvalue weighted by Gasteiger charge is -2.42. The number of nitrogens with zero attached hydrogens (tertiary/aromatic N) is 2. The van der Waals surface area contributed by atoms with Gasteiger partial charge in [-0.1, -0.05) is 97.2 Å². The molecule has 0 aliphatic rings. The van der Waals surface area contributed by atoms with Gasteiger partial charge < -0.3 is 20.6 Å². The second kappa shape index (κ2) is 12.6. The fourth-order valence-electron chi connectivity index (χ4n) is 3.74. The zero-order valence-electron chi connectivity index (χ0n) is 19.9. The minimum atomic E-state index is -2.15. The number of halogens is 3. The lowest BCUT2D eigenvalue weighted by Crippen LogP contribution is -2.64. The van der Waals surface area contributed by atoms with Gasteiger partial charge in [-0.3, -0.25) is 9.78 Å². The largest absolute Gasteiger partial charge is 0.480 e. The number of amides is 1. The number of aliphatic carboxylic acids is 1. The molecular formula is C26H25Cl3N4O3S. The first-order valence-corrected chi connectivity index (χ1v) is 12.8. The summed E-state index contributed by atoms with van der Waals surface area (Å²) in [5.74, 6) is -2.29. The van der Waals surface area contributed by atoms with Crippen LogP contribution in [0.5, 0.6) is 0 Å². The predicted octanol–water partition coefficient (Wildman–Crippen LogP) is 5.87. The number of pyridine rings is 1. The molecule has 11 heteroatoms. The number of nitrogens with one attached hydrogen (secondary N) is 2. The maximum atomic E-state index is 12.9. The molecule has 0 bridgehead atoms. The Kier molecular flexibility index (Phi) is 9.73. The SMILES string of the molecule is CC(C)C(C(=O)O)N(C(=S)Nc1cccc2cccnc12)C(NC(=O)/C=C/c1ccccc1)C(Cl)(Cl)Cl. The van der Waals surface area contributed by atoms with Crippen molar-refractivity contribution < 1.29 is 14.7 Å². The van der Waals surface area contributed by atoms with Crippen LogP contribution in [0.3, 0.4) is 0 Å². The number of rotatable bonds is 8. The van der Waals surface area contributed by atoms with E-state index >= 15 is 0 Å². The van der Waals surface area contributed by atoms with Crippen LogP contribution < -0.4 is 10.6 Å². The molecule has 3 aromatic rings. The average molecular weight is 580 g/mol. The number of hydrogen-bond donors (Lipinski definition) is 3. The molecule has 3 N–H and O–H groups in total. The summed E-state index contributed by atoms with van der Waals surface area (Å²) in [7, 11) is 0. The Labute approximate surface area is 235 Å². The fraction of sp³-hybridized carbons (Fsp3) is 0.231. The molecule has 2 aromatic carbocycles. The van der Waals surface area contributed by atoms with Gasteiger partial charge in [0.15, 0.2) is 11.3 Å². The molecule has 194 valence electrons. The molecule has 37 heavy (non-hydrogen) atoms. The summed E-state index contributed by atoms with van der Waals surface area (Å²) in [5, 5.41) is 16.5. The standard InChI is InChI=1S/C26H25Cl3N4O3S/c1-16(2)22(23(35)36)33(25(37)31-19-12-6-10-18-11-7-15-30-21(18)19)24(26(27,28)29)32-20(34)14-13-17-8-4-3-5-9-17/h3-16,22,24H,1-2H3,(H,31,37)(H,32,34)(H,35,36)/b14-13+. The molecule has 2 atom stereocenters. The Hall–Kier alpha value is -2.91. The van der Waals surface area contributed by atoms with Gasteiger partial charge in [0.1, 0.15) is 6.04 Å². The van der Waals surface area contributed by atoms with E-state index in [0.29, 0.717) is 11.2 Å². The minimum absolute atomic E-state index is 0.0667. The van der Waals surface area contributed by atoms with Crippen LogP contribution >= 0.6 is 47.0 Å². The molecule has 0 aliphatic heterocycles. The molecule has 7 nitrogen and oxygen atoms in total. The van der Waals surface area contributed by atoms with E-state index in [1.165, 1.54) is 11.0 Å². The van der Waals surface area contributed by atoms with E-state index in [0.717, 1.165) is 10.9 Å². The third-order valence-electron chi connectivity index (χ3n) is 5.39. The zero-order valence-corrected chi connectivity index (χ0v) is 23.0. The van der Waals surface area contributed by atoms with Crippen molar-refractivity contribution >= 4 is 86.7 Å². The van der Waals surface area contributed by atoms with E-state index < -0.39 is 33.8 Å². The average Bonchev–Trinajstić information content (AvgIpc) is 2.84. The van der Waals surface area contributed by atoms with E-state index in [1.807, 2.05) is 42.5 Å². The molecule has 0 saturated carbocycles. The molecule has 1 heterocycles. The maximum absolute atomic E-state index is 12.9. The number of carbonyl (C=O) groups excluding carboxylic acids is 1. The van der Waals surface area contributed by atoms with Crippen LogP contribution in [0.2, 0.25) is 0 Å². The third kappa shape index (κ3) is 7.55. The lowest BCUT2D eigenvalue weighted by atomic mass is 10.0. The Morgan fingerprint density at radius 3 is 2.35 bits per heavy atom. The quantitative estimate of drug-likeness (QED) is 0.133. The number of carboxylic acid groups (broad SMARTS) is 1. The highest BCUT2D eigenvalue weighted by Crippen LogP contribution is 2.35.